The average molecular weight is 426 g/mol. The first-order valence-electron chi connectivity index (χ1n) is 7.70. The number of amides is 1. The molecule has 5 atom stereocenters. The Balaban J connectivity index is 0.00000392. The minimum absolute atomic E-state index is 0. The van der Waals surface area contributed by atoms with Crippen LogP contribution in [0.3, 0.4) is 0 Å². The Bertz CT molecular complexity index is 774. The molecule has 1 aromatic carbocycles. The number of hydrogen-bond acceptors (Lipinski definition) is 9. The van der Waals surface area contributed by atoms with Crippen LogP contribution in [0.15, 0.2) is 36.9 Å². The zero-order valence-corrected chi connectivity index (χ0v) is 17.7. The van der Waals surface area contributed by atoms with Crippen LogP contribution in [0.4, 0.5) is 5.69 Å². The SMILES string of the molecule is C=CC(=O)Nc1ccc(O[C@@H]2O[C@H](CO)[C@@H](O)[C@H](O)[C@H]2NS(=O)(=O)[O-])cc1.[Na+]. The fraction of sp³-hybridized carbons (Fsp3) is 0.400. The van der Waals surface area contributed by atoms with Crippen molar-refractivity contribution in [1.82, 2.24) is 4.72 Å². The smallest absolute Gasteiger partial charge is 0.735 e. The van der Waals surface area contributed by atoms with E-state index in [1.165, 1.54) is 24.3 Å². The fourth-order valence-corrected chi connectivity index (χ4v) is 3.00. The third kappa shape index (κ3) is 6.77. The number of carbonyl (C=O) groups excluding carboxylic acids is 1. The second-order valence-electron chi connectivity index (χ2n) is 5.64. The minimum Gasteiger partial charge on any atom is -0.735 e. The summed E-state index contributed by atoms with van der Waals surface area (Å²) in [6, 6.07) is 4.15. The largest absolute Gasteiger partial charge is 1.00 e. The molecule has 1 aliphatic rings. The van der Waals surface area contributed by atoms with Gasteiger partial charge in [-0.05, 0) is 30.3 Å². The van der Waals surface area contributed by atoms with Crippen molar-refractivity contribution in [1.29, 1.82) is 0 Å². The molecular weight excluding hydrogens is 407 g/mol. The molecule has 1 fully saturated rings. The van der Waals surface area contributed by atoms with Crippen LogP contribution in [0, 0.1) is 0 Å². The van der Waals surface area contributed by atoms with Gasteiger partial charge in [-0.3, -0.25) is 4.79 Å². The Hall–Kier alpha value is -1.06. The second-order valence-corrected chi connectivity index (χ2v) is 6.78. The van der Waals surface area contributed by atoms with Crippen molar-refractivity contribution in [3.8, 4) is 5.75 Å². The molecule has 11 nitrogen and oxygen atoms in total. The van der Waals surface area contributed by atoms with Gasteiger partial charge in [-0.15, -0.1) is 0 Å². The van der Waals surface area contributed by atoms with E-state index in [0.29, 0.717) is 5.69 Å². The molecule has 13 heteroatoms. The van der Waals surface area contributed by atoms with Crippen LogP contribution in [0.1, 0.15) is 0 Å². The van der Waals surface area contributed by atoms with E-state index >= 15 is 0 Å². The zero-order valence-electron chi connectivity index (χ0n) is 14.9. The van der Waals surface area contributed by atoms with Gasteiger partial charge in [-0.1, -0.05) is 6.58 Å². The van der Waals surface area contributed by atoms with Crippen LogP contribution >= 0.6 is 0 Å². The summed E-state index contributed by atoms with van der Waals surface area (Å²) in [4.78, 5) is 11.2. The quantitative estimate of drug-likeness (QED) is 0.162. The fourth-order valence-electron chi connectivity index (χ4n) is 2.42. The summed E-state index contributed by atoms with van der Waals surface area (Å²) in [6.45, 7) is 2.64. The van der Waals surface area contributed by atoms with Crippen molar-refractivity contribution in [2.45, 2.75) is 30.6 Å². The van der Waals surface area contributed by atoms with Crippen LogP contribution in [0.5, 0.6) is 5.75 Å². The van der Waals surface area contributed by atoms with E-state index in [1.807, 2.05) is 0 Å². The molecule has 1 aromatic rings. The molecule has 2 rings (SSSR count). The van der Waals surface area contributed by atoms with E-state index in [1.54, 1.807) is 4.72 Å². The third-order valence-electron chi connectivity index (χ3n) is 3.72. The third-order valence-corrected chi connectivity index (χ3v) is 4.28. The average Bonchev–Trinajstić information content (AvgIpc) is 2.61. The van der Waals surface area contributed by atoms with Crippen molar-refractivity contribution in [2.24, 2.45) is 0 Å². The molecule has 0 bridgehead atoms. The number of carbonyl (C=O) groups is 1. The van der Waals surface area contributed by atoms with Crippen molar-refractivity contribution < 1.29 is 72.1 Å². The summed E-state index contributed by atoms with van der Waals surface area (Å²) in [7, 11) is -5.00. The molecule has 0 unspecified atom stereocenters. The van der Waals surface area contributed by atoms with Gasteiger partial charge in [-0.25, -0.2) is 13.1 Å². The maximum atomic E-state index is 11.2. The number of aliphatic hydroxyl groups is 3. The van der Waals surface area contributed by atoms with Gasteiger partial charge in [0, 0.05) is 5.69 Å². The Morgan fingerprint density at radius 1 is 1.29 bits per heavy atom. The van der Waals surface area contributed by atoms with E-state index in [4.69, 9.17) is 9.47 Å². The van der Waals surface area contributed by atoms with Crippen LogP contribution < -0.4 is 44.3 Å². The van der Waals surface area contributed by atoms with Crippen LogP contribution in [0.25, 0.3) is 0 Å². The maximum Gasteiger partial charge on any atom is 1.00 e. The molecular formula is C15H19N2NaO9S. The van der Waals surface area contributed by atoms with Gasteiger partial charge in [0.25, 0.3) is 0 Å². The van der Waals surface area contributed by atoms with Crippen molar-refractivity contribution in [3.63, 3.8) is 0 Å². The minimum atomic E-state index is -5.00. The van der Waals surface area contributed by atoms with Gasteiger partial charge in [-0.2, -0.15) is 0 Å². The molecule has 5 N–H and O–H groups in total. The van der Waals surface area contributed by atoms with Crippen LogP contribution in [0.2, 0.25) is 0 Å². The van der Waals surface area contributed by atoms with Gasteiger partial charge in [0.1, 0.15) is 30.1 Å². The molecule has 0 radical (unpaired) electrons. The number of aliphatic hydroxyl groups excluding tert-OH is 3. The molecule has 0 aliphatic carbocycles. The Kier molecular flexibility index (Phi) is 9.49. The van der Waals surface area contributed by atoms with E-state index in [2.05, 4.69) is 11.9 Å². The first-order valence-corrected chi connectivity index (χ1v) is 9.11. The number of anilines is 1. The molecule has 1 heterocycles. The monoisotopic (exact) mass is 426 g/mol. The van der Waals surface area contributed by atoms with E-state index in [0.717, 1.165) is 6.08 Å². The van der Waals surface area contributed by atoms with Crippen molar-refractivity contribution in [2.75, 3.05) is 11.9 Å². The van der Waals surface area contributed by atoms with Gasteiger partial charge in [0.2, 0.25) is 12.2 Å². The Morgan fingerprint density at radius 3 is 2.39 bits per heavy atom. The molecule has 1 saturated heterocycles. The van der Waals surface area contributed by atoms with Gasteiger partial charge < -0.3 is 34.7 Å². The zero-order chi connectivity index (χ0) is 20.2. The Labute approximate surface area is 183 Å². The van der Waals surface area contributed by atoms with Gasteiger partial charge >= 0.3 is 29.6 Å². The van der Waals surface area contributed by atoms with E-state index in [9.17, 15) is 33.1 Å². The maximum absolute atomic E-state index is 11.2. The Morgan fingerprint density at radius 2 is 1.89 bits per heavy atom. The number of benzene rings is 1. The molecule has 0 aromatic heterocycles. The number of nitrogens with one attached hydrogen (secondary N) is 2. The second kappa shape index (κ2) is 10.6. The van der Waals surface area contributed by atoms with Crippen molar-refractivity contribution in [3.05, 3.63) is 36.9 Å². The molecule has 0 spiro atoms. The predicted octanol–water partition coefficient (Wildman–Crippen LogP) is -4.95. The molecule has 0 saturated carbocycles. The van der Waals surface area contributed by atoms with Crippen molar-refractivity contribution >= 4 is 21.9 Å². The number of hydrogen-bond donors (Lipinski definition) is 5. The summed E-state index contributed by atoms with van der Waals surface area (Å²) in [6.07, 6.45) is -5.11. The first kappa shape index (κ1) is 25.0. The molecule has 150 valence electrons. The van der Waals surface area contributed by atoms with E-state index < -0.39 is 53.5 Å². The van der Waals surface area contributed by atoms with Crippen LogP contribution in [-0.4, -0.2) is 71.4 Å². The standard InChI is InChI=1S/C15H20N2O9S.Na/c1-2-11(19)16-8-3-5-9(6-4-8)25-15-12(17-27(22,23)24)14(21)13(20)10(7-18)26-15;/h2-6,10,12-15,17-18,20-21H,1,7H2,(H,16,19)(H,22,23,24);/q;+1/p-1/t10-,12-,13-,14-,15-;/m1./s1. The first-order chi connectivity index (χ1) is 12.6. The summed E-state index contributed by atoms with van der Waals surface area (Å²) >= 11 is 0. The van der Waals surface area contributed by atoms with E-state index in [-0.39, 0.29) is 35.3 Å². The number of rotatable bonds is 7. The topological polar surface area (TPSA) is 177 Å². The number of ether oxygens (including phenoxy) is 2. The molecule has 1 amide bonds. The van der Waals surface area contributed by atoms with Crippen LogP contribution in [-0.2, 0) is 19.8 Å². The predicted molar refractivity (Wildman–Crippen MR) is 90.3 cm³/mol. The molecule has 1 aliphatic heterocycles. The van der Waals surface area contributed by atoms with Gasteiger partial charge in [0.05, 0.1) is 6.61 Å². The summed E-state index contributed by atoms with van der Waals surface area (Å²) in [5, 5.41) is 31.7. The summed E-state index contributed by atoms with van der Waals surface area (Å²) < 4.78 is 45.3. The normalized spacial score (nSPS) is 27.4. The molecule has 28 heavy (non-hydrogen) atoms. The summed E-state index contributed by atoms with van der Waals surface area (Å²) in [5.74, 6) is -0.279. The van der Waals surface area contributed by atoms with Gasteiger partial charge in [0.15, 0.2) is 10.3 Å². The summed E-state index contributed by atoms with van der Waals surface area (Å²) in [5.41, 5.74) is 0.428.